The summed E-state index contributed by atoms with van der Waals surface area (Å²) in [6.07, 6.45) is 3.73. The molecule has 120 valence electrons. The Morgan fingerprint density at radius 1 is 1.10 bits per heavy atom. The maximum absolute atomic E-state index is 5.54. The van der Waals surface area contributed by atoms with Gasteiger partial charge in [0, 0.05) is 39.3 Å². The Morgan fingerprint density at radius 2 is 1.81 bits per heavy atom. The Hall–Kier alpha value is -0.910. The van der Waals surface area contributed by atoms with Crippen LogP contribution in [0.3, 0.4) is 0 Å². The Labute approximate surface area is 129 Å². The highest BCUT2D eigenvalue weighted by atomic mass is 15.3. The highest BCUT2D eigenvalue weighted by Crippen LogP contribution is 2.11. The van der Waals surface area contributed by atoms with Gasteiger partial charge in [-0.1, -0.05) is 6.42 Å². The molecule has 1 aromatic heterocycles. The molecule has 1 aliphatic heterocycles. The lowest BCUT2D eigenvalue weighted by Gasteiger charge is -2.34. The van der Waals surface area contributed by atoms with Crippen LogP contribution in [0.25, 0.3) is 0 Å². The molecule has 1 aromatic rings. The molecular weight excluding hydrogens is 262 g/mol. The summed E-state index contributed by atoms with van der Waals surface area (Å²) in [5, 5.41) is 4.54. The first-order valence-corrected chi connectivity index (χ1v) is 8.41. The molecule has 5 nitrogen and oxygen atoms in total. The first kappa shape index (κ1) is 16.5. The molecule has 2 heterocycles. The van der Waals surface area contributed by atoms with Gasteiger partial charge in [0.1, 0.15) is 0 Å². The zero-order valence-corrected chi connectivity index (χ0v) is 13.7. The number of unbranched alkanes of at least 4 members (excludes halogenated alkanes) is 2. The minimum absolute atomic E-state index is 0.832. The summed E-state index contributed by atoms with van der Waals surface area (Å²) in [7, 11) is 0. The molecule has 0 aliphatic carbocycles. The van der Waals surface area contributed by atoms with E-state index in [-0.39, 0.29) is 0 Å². The quantitative estimate of drug-likeness (QED) is 0.737. The van der Waals surface area contributed by atoms with Crippen LogP contribution in [0.2, 0.25) is 0 Å². The van der Waals surface area contributed by atoms with E-state index in [4.69, 9.17) is 5.73 Å². The van der Waals surface area contributed by atoms with Gasteiger partial charge in [0.2, 0.25) is 0 Å². The van der Waals surface area contributed by atoms with Crippen molar-refractivity contribution >= 4 is 0 Å². The van der Waals surface area contributed by atoms with Gasteiger partial charge in [-0.3, -0.25) is 9.58 Å². The number of piperazine rings is 1. The van der Waals surface area contributed by atoms with Crippen LogP contribution in [-0.4, -0.2) is 58.8 Å². The van der Waals surface area contributed by atoms with Crippen LogP contribution in [0.15, 0.2) is 6.07 Å². The first-order chi connectivity index (χ1) is 10.2. The third-order valence-electron chi connectivity index (χ3n) is 4.31. The predicted molar refractivity (Wildman–Crippen MR) is 87.3 cm³/mol. The highest BCUT2D eigenvalue weighted by molar-refractivity contribution is 5.09. The van der Waals surface area contributed by atoms with Crippen molar-refractivity contribution in [2.24, 2.45) is 5.73 Å². The molecule has 2 rings (SSSR count). The van der Waals surface area contributed by atoms with Crippen LogP contribution in [0, 0.1) is 6.92 Å². The second kappa shape index (κ2) is 8.51. The summed E-state index contributed by atoms with van der Waals surface area (Å²) < 4.78 is 2.13. The lowest BCUT2D eigenvalue weighted by atomic mass is 10.2. The Kier molecular flexibility index (Phi) is 6.67. The summed E-state index contributed by atoms with van der Waals surface area (Å²) in [4.78, 5) is 5.15. The van der Waals surface area contributed by atoms with Crippen LogP contribution in [0.1, 0.15) is 37.6 Å². The average molecular weight is 293 g/mol. The fraction of sp³-hybridized carbons (Fsp3) is 0.812. The highest BCUT2D eigenvalue weighted by Gasteiger charge is 2.18. The SMILES string of the molecule is CCn1nc(C)cc1CN1CCN(CCCCCN)CC1. The summed E-state index contributed by atoms with van der Waals surface area (Å²) in [5.74, 6) is 0. The minimum atomic E-state index is 0.832. The third kappa shape index (κ3) is 5.09. The van der Waals surface area contributed by atoms with E-state index in [1.807, 2.05) is 0 Å². The molecule has 0 atom stereocenters. The van der Waals surface area contributed by atoms with Crippen molar-refractivity contribution in [3.05, 3.63) is 17.5 Å². The number of hydrogen-bond acceptors (Lipinski definition) is 4. The number of nitrogens with zero attached hydrogens (tertiary/aromatic N) is 4. The van der Waals surface area contributed by atoms with Gasteiger partial charge in [-0.25, -0.2) is 0 Å². The number of aromatic nitrogens is 2. The standard InChI is InChI=1S/C16H31N5/c1-3-21-16(13-15(2)18-21)14-20-11-9-19(10-12-20)8-6-4-5-7-17/h13H,3-12,14,17H2,1-2H3. The fourth-order valence-electron chi connectivity index (χ4n) is 3.06. The molecule has 0 spiro atoms. The molecule has 1 aliphatic rings. The van der Waals surface area contributed by atoms with Gasteiger partial charge >= 0.3 is 0 Å². The van der Waals surface area contributed by atoms with Gasteiger partial charge in [-0.05, 0) is 45.8 Å². The molecule has 0 amide bonds. The van der Waals surface area contributed by atoms with Gasteiger partial charge in [0.15, 0.2) is 0 Å². The van der Waals surface area contributed by atoms with Crippen molar-refractivity contribution in [2.75, 3.05) is 39.3 Å². The van der Waals surface area contributed by atoms with Gasteiger partial charge in [-0.2, -0.15) is 5.10 Å². The Morgan fingerprint density at radius 3 is 2.48 bits per heavy atom. The maximum atomic E-state index is 5.54. The summed E-state index contributed by atoms with van der Waals surface area (Å²) >= 11 is 0. The number of aryl methyl sites for hydroxylation is 2. The van der Waals surface area contributed by atoms with Crippen molar-refractivity contribution in [3.63, 3.8) is 0 Å². The normalized spacial score (nSPS) is 17.5. The van der Waals surface area contributed by atoms with Crippen LogP contribution >= 0.6 is 0 Å². The Bertz CT molecular complexity index is 407. The van der Waals surface area contributed by atoms with E-state index in [0.717, 1.165) is 25.3 Å². The van der Waals surface area contributed by atoms with E-state index in [1.54, 1.807) is 0 Å². The monoisotopic (exact) mass is 293 g/mol. The number of nitrogens with two attached hydrogens (primary N) is 1. The molecule has 1 fully saturated rings. The van der Waals surface area contributed by atoms with E-state index in [0.29, 0.717) is 0 Å². The molecular formula is C16H31N5. The van der Waals surface area contributed by atoms with E-state index < -0.39 is 0 Å². The third-order valence-corrected chi connectivity index (χ3v) is 4.31. The van der Waals surface area contributed by atoms with E-state index in [9.17, 15) is 0 Å². The van der Waals surface area contributed by atoms with Crippen LogP contribution in [0.5, 0.6) is 0 Å². The number of rotatable bonds is 8. The lowest BCUT2D eigenvalue weighted by Crippen LogP contribution is -2.46. The van der Waals surface area contributed by atoms with Crippen LogP contribution < -0.4 is 5.73 Å². The van der Waals surface area contributed by atoms with E-state index in [2.05, 4.69) is 39.5 Å². The summed E-state index contributed by atoms with van der Waals surface area (Å²) in [5.41, 5.74) is 8.02. The van der Waals surface area contributed by atoms with Crippen molar-refractivity contribution in [1.29, 1.82) is 0 Å². The molecule has 0 saturated carbocycles. The fourth-order valence-corrected chi connectivity index (χ4v) is 3.06. The molecule has 0 unspecified atom stereocenters. The van der Waals surface area contributed by atoms with Crippen LogP contribution in [-0.2, 0) is 13.1 Å². The molecule has 0 radical (unpaired) electrons. The molecule has 0 bridgehead atoms. The second-order valence-corrected chi connectivity index (χ2v) is 6.06. The molecule has 5 heteroatoms. The summed E-state index contributed by atoms with van der Waals surface area (Å²) in [6.45, 7) is 13.0. The maximum Gasteiger partial charge on any atom is 0.0597 e. The van der Waals surface area contributed by atoms with Crippen molar-refractivity contribution in [3.8, 4) is 0 Å². The lowest BCUT2D eigenvalue weighted by molar-refractivity contribution is 0.123. The largest absolute Gasteiger partial charge is 0.330 e. The first-order valence-electron chi connectivity index (χ1n) is 8.41. The van der Waals surface area contributed by atoms with Crippen molar-refractivity contribution in [2.45, 2.75) is 46.2 Å². The average Bonchev–Trinajstić information content (AvgIpc) is 2.85. The smallest absolute Gasteiger partial charge is 0.0597 e. The summed E-state index contributed by atoms with van der Waals surface area (Å²) in [6, 6.07) is 2.22. The zero-order chi connectivity index (χ0) is 15.1. The number of hydrogen-bond donors (Lipinski definition) is 1. The zero-order valence-electron chi connectivity index (χ0n) is 13.7. The molecule has 0 aromatic carbocycles. The van der Waals surface area contributed by atoms with E-state index in [1.165, 1.54) is 57.7 Å². The van der Waals surface area contributed by atoms with E-state index >= 15 is 0 Å². The van der Waals surface area contributed by atoms with Crippen molar-refractivity contribution < 1.29 is 0 Å². The predicted octanol–water partition coefficient (Wildman–Crippen LogP) is 1.46. The van der Waals surface area contributed by atoms with Gasteiger partial charge in [-0.15, -0.1) is 0 Å². The molecule has 2 N–H and O–H groups in total. The van der Waals surface area contributed by atoms with Crippen molar-refractivity contribution in [1.82, 2.24) is 19.6 Å². The van der Waals surface area contributed by atoms with Crippen LogP contribution in [0.4, 0.5) is 0 Å². The van der Waals surface area contributed by atoms with Gasteiger partial charge < -0.3 is 10.6 Å². The Balaban J connectivity index is 1.71. The molecule has 1 saturated heterocycles. The molecule has 21 heavy (non-hydrogen) atoms. The topological polar surface area (TPSA) is 50.3 Å². The van der Waals surface area contributed by atoms with Gasteiger partial charge in [0.05, 0.1) is 11.4 Å². The second-order valence-electron chi connectivity index (χ2n) is 6.06. The minimum Gasteiger partial charge on any atom is -0.330 e. The van der Waals surface area contributed by atoms with Gasteiger partial charge in [0.25, 0.3) is 0 Å².